The average molecular weight is 161 g/mol. The number of aromatic nitrogens is 3. The molecule has 4 heteroatoms. The van der Waals surface area contributed by atoms with Gasteiger partial charge >= 0.3 is 0 Å². The lowest BCUT2D eigenvalue weighted by atomic mass is 10.3. The predicted octanol–water partition coefficient (Wildman–Crippen LogP) is 0.471. The zero-order chi connectivity index (χ0) is 8.39. The zero-order valence-electron chi connectivity index (χ0n) is 6.34. The molecule has 0 saturated heterocycles. The van der Waals surface area contributed by atoms with Crippen LogP contribution in [0, 0.1) is 0 Å². The maximum absolute atomic E-state index is 10.2. The number of hydrogen-bond acceptors (Lipinski definition) is 3. The first-order valence-corrected chi connectivity index (χ1v) is 3.63. The third kappa shape index (κ3) is 1.07. The summed E-state index contributed by atoms with van der Waals surface area (Å²) >= 11 is 0. The van der Waals surface area contributed by atoms with Crippen molar-refractivity contribution in [1.82, 2.24) is 14.6 Å². The van der Waals surface area contributed by atoms with Crippen LogP contribution in [0.1, 0.15) is 5.69 Å². The average Bonchev–Trinajstić information content (AvgIpc) is 2.47. The van der Waals surface area contributed by atoms with Gasteiger partial charge in [-0.2, -0.15) is 5.10 Å². The molecule has 0 bridgehead atoms. The molecule has 0 aliphatic rings. The Labute approximate surface area is 68.8 Å². The monoisotopic (exact) mass is 161 g/mol. The first-order chi connectivity index (χ1) is 5.90. The van der Waals surface area contributed by atoms with E-state index in [1.165, 1.54) is 0 Å². The van der Waals surface area contributed by atoms with Crippen LogP contribution < -0.4 is 0 Å². The highest BCUT2D eigenvalue weighted by molar-refractivity contribution is 5.55. The van der Waals surface area contributed by atoms with Crippen LogP contribution in [-0.4, -0.2) is 20.9 Å². The first kappa shape index (κ1) is 6.97. The highest BCUT2D eigenvalue weighted by Crippen LogP contribution is 2.01. The summed E-state index contributed by atoms with van der Waals surface area (Å²) in [5.41, 5.74) is 1.53. The molecule has 0 unspecified atom stereocenters. The molecule has 0 aromatic carbocycles. The molecule has 0 fully saturated rings. The maximum Gasteiger partial charge on any atom is 0.155 e. The van der Waals surface area contributed by atoms with Crippen molar-refractivity contribution in [3.05, 3.63) is 30.2 Å². The van der Waals surface area contributed by atoms with Gasteiger partial charge in [0.1, 0.15) is 6.29 Å². The van der Waals surface area contributed by atoms with Gasteiger partial charge in [-0.05, 0) is 6.07 Å². The number of nitrogens with zero attached hydrogens (tertiary/aromatic N) is 3. The van der Waals surface area contributed by atoms with Gasteiger partial charge in [-0.3, -0.25) is 0 Å². The standard InChI is InChI=1S/C8H7N3O/c12-5-2-7-6-8-9-3-1-4-11(8)10-7/h1,3-6H,2H2. The second-order valence-corrected chi connectivity index (χ2v) is 2.43. The highest BCUT2D eigenvalue weighted by Gasteiger charge is 1.99. The summed E-state index contributed by atoms with van der Waals surface area (Å²) in [4.78, 5) is 14.3. The van der Waals surface area contributed by atoms with E-state index in [2.05, 4.69) is 10.1 Å². The Hall–Kier alpha value is -1.71. The topological polar surface area (TPSA) is 47.3 Å². The quantitative estimate of drug-likeness (QED) is 0.601. The van der Waals surface area contributed by atoms with Gasteiger partial charge in [0.15, 0.2) is 5.65 Å². The molecular formula is C8H7N3O. The minimum Gasteiger partial charge on any atom is -0.303 e. The summed E-state index contributed by atoms with van der Waals surface area (Å²) < 4.78 is 1.65. The molecule has 0 amide bonds. The predicted molar refractivity (Wildman–Crippen MR) is 42.8 cm³/mol. The lowest BCUT2D eigenvalue weighted by Gasteiger charge is -1.86. The minimum absolute atomic E-state index is 0.351. The Kier molecular flexibility index (Phi) is 1.59. The lowest BCUT2D eigenvalue weighted by molar-refractivity contribution is -0.107. The van der Waals surface area contributed by atoms with Crippen molar-refractivity contribution >= 4 is 11.9 Å². The molecule has 2 aromatic heterocycles. The summed E-state index contributed by atoms with van der Waals surface area (Å²) in [6, 6.07) is 3.60. The largest absolute Gasteiger partial charge is 0.303 e. The first-order valence-electron chi connectivity index (χ1n) is 3.63. The van der Waals surface area contributed by atoms with Crippen LogP contribution in [0.2, 0.25) is 0 Å². The second-order valence-electron chi connectivity index (χ2n) is 2.43. The number of hydrogen-bond donors (Lipinski definition) is 0. The summed E-state index contributed by atoms with van der Waals surface area (Å²) in [6.45, 7) is 0. The number of carbonyl (C=O) groups excluding carboxylic acids is 1. The normalized spacial score (nSPS) is 10.3. The van der Waals surface area contributed by atoms with E-state index in [0.29, 0.717) is 6.42 Å². The number of rotatable bonds is 2. The molecule has 0 aliphatic carbocycles. The van der Waals surface area contributed by atoms with Crippen molar-refractivity contribution in [2.75, 3.05) is 0 Å². The number of carbonyl (C=O) groups is 1. The van der Waals surface area contributed by atoms with Gasteiger partial charge < -0.3 is 4.79 Å². The Balaban J connectivity index is 2.54. The van der Waals surface area contributed by atoms with E-state index in [9.17, 15) is 4.79 Å². The lowest BCUT2D eigenvalue weighted by Crippen LogP contribution is -1.89. The molecule has 0 aliphatic heterocycles. The molecule has 0 spiro atoms. The van der Waals surface area contributed by atoms with E-state index in [1.807, 2.05) is 0 Å². The molecule has 0 N–H and O–H groups in total. The zero-order valence-corrected chi connectivity index (χ0v) is 6.34. The SMILES string of the molecule is O=CCc1cc2ncccn2n1. The summed E-state index contributed by atoms with van der Waals surface area (Å²) in [5.74, 6) is 0. The van der Waals surface area contributed by atoms with Crippen molar-refractivity contribution in [2.24, 2.45) is 0 Å². The van der Waals surface area contributed by atoms with Gasteiger partial charge in [0, 0.05) is 24.9 Å². The van der Waals surface area contributed by atoms with E-state index >= 15 is 0 Å². The van der Waals surface area contributed by atoms with Crippen molar-refractivity contribution in [3.8, 4) is 0 Å². The molecule has 2 aromatic rings. The van der Waals surface area contributed by atoms with Crippen molar-refractivity contribution < 1.29 is 4.79 Å². The Morgan fingerprint density at radius 3 is 3.25 bits per heavy atom. The van der Waals surface area contributed by atoms with E-state index in [4.69, 9.17) is 0 Å². The molecule has 0 radical (unpaired) electrons. The Morgan fingerprint density at radius 1 is 1.58 bits per heavy atom. The van der Waals surface area contributed by atoms with E-state index in [0.717, 1.165) is 17.6 Å². The fourth-order valence-electron chi connectivity index (χ4n) is 1.06. The van der Waals surface area contributed by atoms with Crippen LogP contribution in [0.15, 0.2) is 24.5 Å². The van der Waals surface area contributed by atoms with Gasteiger partial charge in [-0.1, -0.05) is 0 Å². The molecule has 60 valence electrons. The molecule has 4 nitrogen and oxygen atoms in total. The number of aldehydes is 1. The molecule has 0 atom stereocenters. The van der Waals surface area contributed by atoms with Crippen molar-refractivity contribution in [1.29, 1.82) is 0 Å². The van der Waals surface area contributed by atoms with Crippen LogP contribution in [0.5, 0.6) is 0 Å². The van der Waals surface area contributed by atoms with Gasteiger partial charge in [-0.25, -0.2) is 9.50 Å². The Bertz CT molecular complexity index is 374. The van der Waals surface area contributed by atoms with Crippen LogP contribution in [0.4, 0.5) is 0 Å². The van der Waals surface area contributed by atoms with Crippen LogP contribution in [-0.2, 0) is 11.2 Å². The summed E-state index contributed by atoms with van der Waals surface area (Å²) in [6.07, 6.45) is 4.68. The maximum atomic E-state index is 10.2. The fraction of sp³-hybridized carbons (Fsp3) is 0.125. The van der Waals surface area contributed by atoms with Gasteiger partial charge in [0.2, 0.25) is 0 Å². The molecule has 2 heterocycles. The van der Waals surface area contributed by atoms with Crippen molar-refractivity contribution in [2.45, 2.75) is 6.42 Å². The summed E-state index contributed by atoms with van der Waals surface area (Å²) in [5, 5.41) is 4.13. The summed E-state index contributed by atoms with van der Waals surface area (Å²) in [7, 11) is 0. The van der Waals surface area contributed by atoms with Gasteiger partial charge in [-0.15, -0.1) is 0 Å². The van der Waals surface area contributed by atoms with Crippen LogP contribution >= 0.6 is 0 Å². The smallest absolute Gasteiger partial charge is 0.155 e. The molecule has 0 saturated carbocycles. The van der Waals surface area contributed by atoms with Gasteiger partial charge in [0.05, 0.1) is 5.69 Å². The molecule has 12 heavy (non-hydrogen) atoms. The second kappa shape index (κ2) is 2.73. The number of fused-ring (bicyclic) bond motifs is 1. The third-order valence-electron chi connectivity index (χ3n) is 1.58. The van der Waals surface area contributed by atoms with Crippen molar-refractivity contribution in [3.63, 3.8) is 0 Å². The molecular weight excluding hydrogens is 154 g/mol. The third-order valence-corrected chi connectivity index (χ3v) is 1.58. The van der Waals surface area contributed by atoms with Gasteiger partial charge in [0.25, 0.3) is 0 Å². The minimum atomic E-state index is 0.351. The van der Waals surface area contributed by atoms with E-state index < -0.39 is 0 Å². The van der Waals surface area contributed by atoms with E-state index in [-0.39, 0.29) is 0 Å². The van der Waals surface area contributed by atoms with Crippen LogP contribution in [0.3, 0.4) is 0 Å². The highest BCUT2D eigenvalue weighted by atomic mass is 16.1. The van der Waals surface area contributed by atoms with E-state index in [1.54, 1.807) is 29.0 Å². The van der Waals surface area contributed by atoms with Crippen LogP contribution in [0.25, 0.3) is 5.65 Å². The molecule has 2 rings (SSSR count). The fourth-order valence-corrected chi connectivity index (χ4v) is 1.06. The Morgan fingerprint density at radius 2 is 2.50 bits per heavy atom.